The normalized spacial score (nSPS) is 19.0. The molecule has 100 heavy (non-hydrogen) atoms. The molecule has 3 unspecified atom stereocenters. The first kappa shape index (κ1) is 80.8. The van der Waals surface area contributed by atoms with Gasteiger partial charge in [0.1, 0.15) is 30.3 Å². The fourth-order valence-electron chi connectivity index (χ4n) is 12.6. The van der Waals surface area contributed by atoms with E-state index in [0.717, 1.165) is 17.0 Å². The van der Waals surface area contributed by atoms with Gasteiger partial charge in [0.25, 0.3) is 11.8 Å². The third-order valence-electron chi connectivity index (χ3n) is 18.6. The zero-order valence-electron chi connectivity index (χ0n) is 58.7. The average molecular weight is 1430 g/mol. The predicted molar refractivity (Wildman–Crippen MR) is 360 cm³/mol. The third-order valence-corrected chi connectivity index (χ3v) is 20.1. The van der Waals surface area contributed by atoms with Crippen LogP contribution in [0.2, 0.25) is 0 Å². The van der Waals surface area contributed by atoms with Gasteiger partial charge in [0, 0.05) is 90.6 Å². The lowest BCUT2D eigenvalue weighted by molar-refractivity contribution is -0.198. The minimum atomic E-state index is -1.08. The van der Waals surface area contributed by atoms with Crippen molar-refractivity contribution in [2.45, 2.75) is 192 Å². The highest BCUT2D eigenvalue weighted by atomic mass is 32.2. The standard InChI is InChI=1S/C69H98F2N10O18S/c1-11-16-49(51(96-9)32-57(87)80-37-45(82)31-50(80)63(97-10)42(6)64(91)72-29-26-46-47(70)17-15-18-48(46)71)77(7)59(89)36-74-66(93)62(41(4)5)78(8)68(95)98-38-43-20-22-44(23-21-43)75-54(84)35-73-65(92)61(40(2)3)76-53(83)19-13-12-14-30-79-58(88)33-52(67(79)94)100-39-69(27-28-69)34-60(90)99-81-55(85)24-25-56(81)86/h15,17-18,20-23,40-42,45,49-52,61-63,82H,11-14,16,19,24-39H2,1-10H3,(H,72,91)(H,73,92)(H,74,93)(H,75,84)(H,76,83)/t42-,45+,49+,50+,51-,52?,61?,62?,63-/m1/s1. The summed E-state index contributed by atoms with van der Waals surface area (Å²) >= 11 is 1.31. The summed E-state index contributed by atoms with van der Waals surface area (Å²) in [5.74, 6) is -8.73. The van der Waals surface area contributed by atoms with Crippen molar-refractivity contribution < 1.29 is 95.3 Å². The van der Waals surface area contributed by atoms with Gasteiger partial charge in [-0.15, -0.1) is 16.8 Å². The number of amides is 12. The number of unbranched alkanes of at least 4 members (excludes halogenated alkanes) is 2. The van der Waals surface area contributed by atoms with Crippen LogP contribution in [0.15, 0.2) is 42.5 Å². The summed E-state index contributed by atoms with van der Waals surface area (Å²) in [5.41, 5.74) is 0.290. The van der Waals surface area contributed by atoms with Crippen LogP contribution in [0.5, 0.6) is 0 Å². The third kappa shape index (κ3) is 22.7. The Labute approximate surface area is 586 Å². The fraction of sp³-hybridized carbons (Fsp3) is 0.638. The van der Waals surface area contributed by atoms with Crippen molar-refractivity contribution >= 4 is 94.5 Å². The smallest absolute Gasteiger partial charge is 0.410 e. The number of halogens is 2. The van der Waals surface area contributed by atoms with E-state index in [0.29, 0.717) is 67.0 Å². The molecule has 1 saturated carbocycles. The summed E-state index contributed by atoms with van der Waals surface area (Å²) < 4.78 is 45.6. The Morgan fingerprint density at radius 3 is 2.05 bits per heavy atom. The van der Waals surface area contributed by atoms with Crippen LogP contribution >= 0.6 is 11.8 Å². The van der Waals surface area contributed by atoms with Crippen LogP contribution in [0, 0.1) is 34.8 Å². The van der Waals surface area contributed by atoms with Crippen molar-refractivity contribution in [1.82, 2.24) is 45.9 Å². The van der Waals surface area contributed by atoms with Crippen molar-refractivity contribution in [1.29, 1.82) is 0 Å². The van der Waals surface area contributed by atoms with E-state index in [-0.39, 0.29) is 101 Å². The zero-order valence-corrected chi connectivity index (χ0v) is 59.6. The van der Waals surface area contributed by atoms with Crippen molar-refractivity contribution in [3.8, 4) is 0 Å². The summed E-state index contributed by atoms with van der Waals surface area (Å²) in [7, 11) is 5.71. The number of carbonyl (C=O) groups is 13. The van der Waals surface area contributed by atoms with Gasteiger partial charge in [-0.1, -0.05) is 72.6 Å². The molecule has 3 aliphatic heterocycles. The highest BCUT2D eigenvalue weighted by Crippen LogP contribution is 2.52. The monoisotopic (exact) mass is 1420 g/mol. The Bertz CT molecular complexity index is 3230. The number of hydrogen-bond acceptors (Lipinski definition) is 19. The van der Waals surface area contributed by atoms with Crippen molar-refractivity contribution in [3.05, 3.63) is 65.2 Å². The highest BCUT2D eigenvalue weighted by molar-refractivity contribution is 8.00. The molecule has 9 atom stereocenters. The SMILES string of the molecule is CCC[C@@H]([C@@H](CC(=O)N1C[C@@H](O)C[C@H]1[C@H](OC)[C@@H](C)C(=O)NCCc1c(F)cccc1F)OC)N(C)C(=O)CNC(=O)C(C(C)C)N(C)C(=O)OCc1ccc(NC(=O)CNC(=O)C(NC(=O)CCCCCN2C(=O)CC(SCC3(CC(=O)ON4C(=O)CCC4=O)CC3)C2=O)C(C)C)cc1. The fourth-order valence-corrected chi connectivity index (χ4v) is 14.1. The first-order valence-electron chi connectivity index (χ1n) is 34.1. The van der Waals surface area contributed by atoms with Crippen molar-refractivity contribution in [3.63, 3.8) is 0 Å². The summed E-state index contributed by atoms with van der Waals surface area (Å²) in [6, 6.07) is 6.39. The zero-order chi connectivity index (χ0) is 73.7. The largest absolute Gasteiger partial charge is 0.445 e. The molecule has 6 rings (SSSR count). The van der Waals surface area contributed by atoms with Crippen molar-refractivity contribution in [2.24, 2.45) is 23.2 Å². The average Bonchev–Trinajstić information content (AvgIpc) is 1.64. The maximum atomic E-state index is 14.2. The lowest BCUT2D eigenvalue weighted by Gasteiger charge is -2.37. The van der Waals surface area contributed by atoms with Gasteiger partial charge in [0.15, 0.2) is 0 Å². The van der Waals surface area contributed by atoms with Crippen LogP contribution in [0.25, 0.3) is 0 Å². The molecule has 0 radical (unpaired) electrons. The number of likely N-dealkylation sites (N-methyl/N-ethyl adjacent to an activating group) is 2. The maximum absolute atomic E-state index is 14.2. The number of hydrogen-bond donors (Lipinski definition) is 6. The molecule has 4 aliphatic rings. The van der Waals surface area contributed by atoms with E-state index in [2.05, 4.69) is 26.6 Å². The Kier molecular flexibility index (Phi) is 30.7. The molecule has 6 N–H and O–H groups in total. The number of thioether (sulfide) groups is 1. The summed E-state index contributed by atoms with van der Waals surface area (Å²) in [6.07, 6.45) is 0.0666. The summed E-state index contributed by atoms with van der Waals surface area (Å²) in [5, 5.41) is 24.0. The molecule has 3 heterocycles. The van der Waals surface area contributed by atoms with Gasteiger partial charge >= 0.3 is 12.1 Å². The van der Waals surface area contributed by atoms with Crippen LogP contribution in [-0.4, -0.2) is 221 Å². The summed E-state index contributed by atoms with van der Waals surface area (Å²) in [4.78, 5) is 180. The Morgan fingerprint density at radius 2 is 1.44 bits per heavy atom. The van der Waals surface area contributed by atoms with E-state index >= 15 is 0 Å². The van der Waals surface area contributed by atoms with Gasteiger partial charge in [0.05, 0.1) is 67.5 Å². The number of methoxy groups -OCH3 is 2. The van der Waals surface area contributed by atoms with Gasteiger partial charge in [-0.2, -0.15) is 0 Å². The highest BCUT2D eigenvalue weighted by Gasteiger charge is 2.49. The molecule has 28 nitrogen and oxygen atoms in total. The Morgan fingerprint density at radius 1 is 0.780 bits per heavy atom. The van der Waals surface area contributed by atoms with Crippen LogP contribution < -0.4 is 26.6 Å². The quantitative estimate of drug-likeness (QED) is 0.0406. The number of β-amino-alcohol motifs (C(OH)–C–C–N with tert-alkyl or cyclic N) is 1. The molecule has 0 spiro atoms. The summed E-state index contributed by atoms with van der Waals surface area (Å²) in [6.45, 7) is 9.34. The maximum Gasteiger partial charge on any atom is 0.410 e. The molecule has 12 amide bonds. The first-order chi connectivity index (χ1) is 47.4. The second kappa shape index (κ2) is 38.0. The van der Waals surface area contributed by atoms with Gasteiger partial charge in [-0.05, 0) is 92.0 Å². The number of carbonyl (C=O) groups excluding carboxylic acids is 13. The lowest BCUT2D eigenvalue weighted by Crippen LogP contribution is -2.54. The Balaban J connectivity index is 0.878. The second-order valence-electron chi connectivity index (χ2n) is 26.8. The van der Waals surface area contributed by atoms with Gasteiger partial charge < -0.3 is 60.5 Å². The number of ether oxygens (including phenoxy) is 3. The van der Waals surface area contributed by atoms with E-state index in [1.807, 2.05) is 6.92 Å². The molecule has 0 bridgehead atoms. The minimum absolute atomic E-state index is 0.0104. The number of benzene rings is 2. The molecule has 2 aromatic rings. The molecule has 2 aromatic carbocycles. The van der Waals surface area contributed by atoms with Gasteiger partial charge in [-0.3, -0.25) is 62.5 Å². The number of aliphatic hydroxyl groups excluding tert-OH is 1. The molecular formula is C69H98F2N10O18S. The number of anilines is 1. The van der Waals surface area contributed by atoms with Crippen LogP contribution in [-0.2, 0) is 89.6 Å². The predicted octanol–water partition coefficient (Wildman–Crippen LogP) is 4.07. The second-order valence-corrected chi connectivity index (χ2v) is 28.0. The van der Waals surface area contributed by atoms with Crippen LogP contribution in [0.1, 0.15) is 143 Å². The van der Waals surface area contributed by atoms with E-state index in [4.69, 9.17) is 19.0 Å². The molecule has 552 valence electrons. The van der Waals surface area contributed by atoms with Gasteiger partial charge in [0.2, 0.25) is 53.2 Å². The molecule has 1 aliphatic carbocycles. The van der Waals surface area contributed by atoms with E-state index < -0.39 is 155 Å². The van der Waals surface area contributed by atoms with Crippen LogP contribution in [0.3, 0.4) is 0 Å². The topological polar surface area (TPSA) is 355 Å². The molecule has 4 fully saturated rings. The molecule has 31 heteroatoms. The molecule has 3 saturated heterocycles. The lowest BCUT2D eigenvalue weighted by atomic mass is 9.94. The Hall–Kier alpha value is -8.16. The molecule has 0 aromatic heterocycles. The van der Waals surface area contributed by atoms with Crippen LogP contribution in [0.4, 0.5) is 19.3 Å². The van der Waals surface area contributed by atoms with Crippen molar-refractivity contribution in [2.75, 3.05) is 72.1 Å². The molecular weight excluding hydrogens is 1330 g/mol. The first-order valence-corrected chi connectivity index (χ1v) is 35.1. The number of aliphatic hydroxyl groups is 1. The number of imide groups is 2. The number of rotatable bonds is 39. The number of nitrogens with one attached hydrogen (secondary N) is 5. The number of hydroxylamine groups is 2. The number of nitrogens with zero attached hydrogens (tertiary/aromatic N) is 5. The van der Waals surface area contributed by atoms with E-state index in [9.17, 15) is 76.2 Å². The van der Waals surface area contributed by atoms with Gasteiger partial charge in [-0.25, -0.2) is 18.4 Å². The van der Waals surface area contributed by atoms with E-state index in [1.54, 1.807) is 58.9 Å². The minimum Gasteiger partial charge on any atom is -0.445 e. The number of likely N-dealkylation sites (tertiary alicyclic amines) is 2. The van der Waals surface area contributed by atoms with E-state index in [1.165, 1.54) is 60.8 Å².